The van der Waals surface area contributed by atoms with Crippen molar-refractivity contribution in [1.29, 1.82) is 0 Å². The van der Waals surface area contributed by atoms with Crippen LogP contribution in [0.25, 0.3) is 11.4 Å². The molecule has 0 spiro atoms. The minimum atomic E-state index is -3.33. The van der Waals surface area contributed by atoms with E-state index < -0.39 is 36.7 Å². The maximum Gasteiger partial charge on any atom is 0.249 e. The molecule has 1 aromatic heterocycles. The Labute approximate surface area is 166 Å². The summed E-state index contributed by atoms with van der Waals surface area (Å²) in [7, 11) is -4.91. The third-order valence-electron chi connectivity index (χ3n) is 4.69. The highest BCUT2D eigenvalue weighted by molar-refractivity contribution is 7.89. The Morgan fingerprint density at radius 2 is 2.00 bits per heavy atom. The Hall–Kier alpha value is -2.11. The predicted molar refractivity (Wildman–Crippen MR) is 107 cm³/mol. The van der Waals surface area contributed by atoms with Crippen LogP contribution in [0.1, 0.15) is 20.3 Å². The molecule has 1 aliphatic rings. The Kier molecular flexibility index (Phi) is 5.69. The van der Waals surface area contributed by atoms with Gasteiger partial charge in [0.2, 0.25) is 21.9 Å². The second-order valence-corrected chi connectivity index (χ2v) is 11.4. The number of nitrogens with zero attached hydrogens (tertiary/aromatic N) is 3. The number of aromatic nitrogens is 3. The van der Waals surface area contributed by atoms with Crippen molar-refractivity contribution >= 4 is 32.7 Å². The first kappa shape index (κ1) is 20.6. The van der Waals surface area contributed by atoms with E-state index in [9.17, 15) is 17.4 Å². The van der Waals surface area contributed by atoms with Gasteiger partial charge in [0.05, 0.1) is 11.5 Å². The molecule has 1 saturated heterocycles. The van der Waals surface area contributed by atoms with Crippen LogP contribution in [0.3, 0.4) is 0 Å². The number of hydrogen-bond donors (Lipinski definition) is 2. The van der Waals surface area contributed by atoms with Crippen LogP contribution in [0.2, 0.25) is 0 Å². The standard InChI is InChI=1S/C17H23N5O4S2/c1-17(2,27(24)13-9-10-22(11-13)28(3,25)26)15(23)19-16-18-14(20-21-16)12-7-5-4-6-8-12/h4-8,13H,9-11H2,1-3H3,(H2,18,19,20,21,23). The van der Waals surface area contributed by atoms with Crippen molar-refractivity contribution in [2.75, 3.05) is 24.7 Å². The van der Waals surface area contributed by atoms with Crippen LogP contribution in [0, 0.1) is 0 Å². The lowest BCUT2D eigenvalue weighted by Crippen LogP contribution is -2.46. The molecule has 0 saturated carbocycles. The van der Waals surface area contributed by atoms with Crippen molar-refractivity contribution in [3.8, 4) is 11.4 Å². The first-order valence-corrected chi connectivity index (χ1v) is 11.8. The van der Waals surface area contributed by atoms with Crippen LogP contribution in [0.5, 0.6) is 0 Å². The summed E-state index contributed by atoms with van der Waals surface area (Å²) < 4.78 is 36.4. The fourth-order valence-electron chi connectivity index (χ4n) is 2.98. The van der Waals surface area contributed by atoms with Gasteiger partial charge in [-0.2, -0.15) is 4.98 Å². The maximum absolute atomic E-state index is 13.0. The van der Waals surface area contributed by atoms with E-state index in [1.165, 1.54) is 4.31 Å². The molecule has 2 heterocycles. The second-order valence-electron chi connectivity index (χ2n) is 7.17. The van der Waals surface area contributed by atoms with Gasteiger partial charge in [0.1, 0.15) is 4.75 Å². The van der Waals surface area contributed by atoms with Crippen molar-refractivity contribution in [1.82, 2.24) is 19.5 Å². The van der Waals surface area contributed by atoms with Gasteiger partial charge in [-0.1, -0.05) is 30.3 Å². The lowest BCUT2D eigenvalue weighted by molar-refractivity contribution is -0.117. The number of sulfonamides is 1. The van der Waals surface area contributed by atoms with Gasteiger partial charge >= 0.3 is 0 Å². The average Bonchev–Trinajstić information content (AvgIpc) is 3.31. The number of aromatic amines is 1. The molecule has 2 atom stereocenters. The number of nitrogens with one attached hydrogen (secondary N) is 2. The van der Waals surface area contributed by atoms with Gasteiger partial charge in [-0.25, -0.2) is 12.7 Å². The van der Waals surface area contributed by atoms with Crippen LogP contribution in [-0.4, -0.2) is 67.4 Å². The number of benzene rings is 1. The van der Waals surface area contributed by atoms with Crippen molar-refractivity contribution in [2.45, 2.75) is 30.3 Å². The van der Waals surface area contributed by atoms with Crippen LogP contribution < -0.4 is 5.32 Å². The Morgan fingerprint density at radius 1 is 1.32 bits per heavy atom. The zero-order valence-electron chi connectivity index (χ0n) is 15.9. The van der Waals surface area contributed by atoms with Gasteiger partial charge in [0, 0.05) is 29.5 Å². The molecule has 2 aromatic rings. The zero-order chi connectivity index (χ0) is 20.5. The van der Waals surface area contributed by atoms with Gasteiger partial charge in [-0.05, 0) is 20.3 Å². The van der Waals surface area contributed by atoms with E-state index in [0.717, 1.165) is 11.8 Å². The molecule has 1 fully saturated rings. The zero-order valence-corrected chi connectivity index (χ0v) is 17.5. The second kappa shape index (κ2) is 7.72. The molecular formula is C17H23N5O4S2. The number of H-pyrrole nitrogens is 1. The highest BCUT2D eigenvalue weighted by Crippen LogP contribution is 2.26. The summed E-state index contributed by atoms with van der Waals surface area (Å²) in [5.74, 6) is 0.120. The quantitative estimate of drug-likeness (QED) is 0.710. The molecule has 9 nitrogen and oxygen atoms in total. The average molecular weight is 426 g/mol. The van der Waals surface area contributed by atoms with Crippen molar-refractivity contribution in [2.24, 2.45) is 0 Å². The summed E-state index contributed by atoms with van der Waals surface area (Å²) in [5.41, 5.74) is 0.824. The molecular weight excluding hydrogens is 402 g/mol. The molecule has 1 aliphatic heterocycles. The minimum Gasteiger partial charge on any atom is -0.292 e. The van der Waals surface area contributed by atoms with Gasteiger partial charge < -0.3 is 0 Å². The number of amides is 1. The Bertz CT molecular complexity index is 988. The first-order chi connectivity index (χ1) is 13.1. The first-order valence-electron chi connectivity index (χ1n) is 8.74. The van der Waals surface area contributed by atoms with Crippen molar-refractivity contribution in [3.63, 3.8) is 0 Å². The van der Waals surface area contributed by atoms with Crippen LogP contribution in [0.15, 0.2) is 30.3 Å². The highest BCUT2D eigenvalue weighted by Gasteiger charge is 2.43. The molecule has 0 radical (unpaired) electrons. The van der Waals surface area contributed by atoms with E-state index in [2.05, 4.69) is 20.5 Å². The fourth-order valence-corrected chi connectivity index (χ4v) is 5.66. The summed E-state index contributed by atoms with van der Waals surface area (Å²) in [6.07, 6.45) is 1.58. The van der Waals surface area contributed by atoms with Crippen LogP contribution in [0.4, 0.5) is 5.95 Å². The molecule has 2 N–H and O–H groups in total. The number of hydrogen-bond acceptors (Lipinski definition) is 6. The number of rotatable bonds is 6. The summed E-state index contributed by atoms with van der Waals surface area (Å²) in [6.45, 7) is 3.62. The summed E-state index contributed by atoms with van der Waals surface area (Å²) in [4.78, 5) is 17.0. The molecule has 152 valence electrons. The molecule has 28 heavy (non-hydrogen) atoms. The summed E-state index contributed by atoms with van der Waals surface area (Å²) in [5, 5.41) is 8.95. The molecule has 2 unspecified atom stereocenters. The smallest absolute Gasteiger partial charge is 0.249 e. The van der Waals surface area contributed by atoms with Crippen LogP contribution in [-0.2, 0) is 25.6 Å². The fraction of sp³-hybridized carbons (Fsp3) is 0.471. The van der Waals surface area contributed by atoms with Gasteiger partial charge in [0.15, 0.2) is 5.82 Å². The minimum absolute atomic E-state index is 0.0955. The van der Waals surface area contributed by atoms with Crippen molar-refractivity contribution in [3.05, 3.63) is 30.3 Å². The SMILES string of the molecule is CC(C)(C(=O)Nc1n[nH]c(-c2ccccc2)n1)S(=O)C1CCN(S(C)(=O)=O)C1. The van der Waals surface area contributed by atoms with Gasteiger partial charge in [-0.15, -0.1) is 5.10 Å². The molecule has 1 amide bonds. The van der Waals surface area contributed by atoms with E-state index in [1.54, 1.807) is 13.8 Å². The number of carbonyl (C=O) groups is 1. The Balaban J connectivity index is 1.68. The lowest BCUT2D eigenvalue weighted by Gasteiger charge is -2.25. The van der Waals surface area contributed by atoms with E-state index in [-0.39, 0.29) is 12.5 Å². The lowest BCUT2D eigenvalue weighted by atomic mass is 10.2. The van der Waals surface area contributed by atoms with Crippen molar-refractivity contribution < 1.29 is 17.4 Å². The van der Waals surface area contributed by atoms with Crippen LogP contribution >= 0.6 is 0 Å². The molecule has 0 bridgehead atoms. The number of anilines is 1. The van der Waals surface area contributed by atoms with E-state index in [1.807, 2.05) is 30.3 Å². The van der Waals surface area contributed by atoms with Gasteiger partial charge in [0.25, 0.3) is 0 Å². The van der Waals surface area contributed by atoms with E-state index >= 15 is 0 Å². The molecule has 0 aliphatic carbocycles. The normalized spacial score (nSPS) is 19.5. The maximum atomic E-state index is 13.0. The largest absolute Gasteiger partial charge is 0.292 e. The van der Waals surface area contributed by atoms with Gasteiger partial charge in [-0.3, -0.25) is 19.4 Å². The third kappa shape index (κ3) is 4.31. The van der Waals surface area contributed by atoms with E-state index in [0.29, 0.717) is 18.8 Å². The molecule has 3 rings (SSSR count). The molecule has 1 aromatic carbocycles. The number of carbonyl (C=O) groups excluding carboxylic acids is 1. The third-order valence-corrected chi connectivity index (χ3v) is 8.14. The predicted octanol–water partition coefficient (Wildman–Crippen LogP) is 0.971. The summed E-state index contributed by atoms with van der Waals surface area (Å²) in [6, 6.07) is 9.33. The highest BCUT2D eigenvalue weighted by atomic mass is 32.2. The molecule has 11 heteroatoms. The topological polar surface area (TPSA) is 125 Å². The monoisotopic (exact) mass is 425 g/mol. The Morgan fingerprint density at radius 3 is 2.61 bits per heavy atom. The summed E-state index contributed by atoms with van der Waals surface area (Å²) >= 11 is 0. The van der Waals surface area contributed by atoms with E-state index in [4.69, 9.17) is 0 Å².